The second-order valence-corrected chi connectivity index (χ2v) is 8.48. The van der Waals surface area contributed by atoms with Gasteiger partial charge in [-0.2, -0.15) is 5.10 Å². The van der Waals surface area contributed by atoms with Gasteiger partial charge in [0.15, 0.2) is 0 Å². The Morgan fingerprint density at radius 1 is 1.22 bits per heavy atom. The first kappa shape index (κ1) is 22.0. The van der Waals surface area contributed by atoms with E-state index in [0.29, 0.717) is 23.6 Å². The van der Waals surface area contributed by atoms with Gasteiger partial charge in [-0.15, -0.1) is 0 Å². The molecule has 0 radical (unpaired) electrons. The molecule has 4 aromatic rings. The number of aryl methyl sites for hydroxylation is 1. The van der Waals surface area contributed by atoms with Gasteiger partial charge in [0.05, 0.1) is 35.8 Å². The second kappa shape index (κ2) is 8.74. The van der Waals surface area contributed by atoms with Crippen LogP contribution in [0.1, 0.15) is 43.9 Å². The predicted molar refractivity (Wildman–Crippen MR) is 127 cm³/mol. The first-order chi connectivity index (χ1) is 15.4. The Kier molecular flexibility index (Phi) is 6.02. The molecule has 0 aliphatic heterocycles. The molecule has 0 unspecified atom stereocenters. The van der Waals surface area contributed by atoms with Crippen molar-refractivity contribution in [1.29, 1.82) is 0 Å². The average Bonchev–Trinajstić information content (AvgIpc) is 3.23. The third-order valence-electron chi connectivity index (χ3n) is 6.55. The van der Waals surface area contributed by atoms with Crippen molar-refractivity contribution in [3.05, 3.63) is 52.1 Å². The fraction of sp³-hybridized carbons (Fsp3) is 0.400. The van der Waals surface area contributed by atoms with E-state index in [9.17, 15) is 9.90 Å². The summed E-state index contributed by atoms with van der Waals surface area (Å²) in [4.78, 5) is 20.3. The average molecular weight is 435 g/mol. The molecule has 1 aromatic carbocycles. The predicted octanol–water partition coefficient (Wildman–Crippen LogP) is 4.53. The maximum atomic E-state index is 12.9. The van der Waals surface area contributed by atoms with E-state index in [4.69, 9.17) is 4.74 Å². The monoisotopic (exact) mass is 434 g/mol. The number of benzene rings is 1. The van der Waals surface area contributed by atoms with Crippen molar-refractivity contribution >= 4 is 21.8 Å². The molecular formula is C25H30N4O3. The molecule has 0 saturated heterocycles. The summed E-state index contributed by atoms with van der Waals surface area (Å²) in [5, 5.41) is 15.7. The molecule has 0 fully saturated rings. The van der Waals surface area contributed by atoms with Crippen LogP contribution in [0.2, 0.25) is 0 Å². The van der Waals surface area contributed by atoms with E-state index in [1.807, 2.05) is 30.7 Å². The molecular weight excluding hydrogens is 404 g/mol. The van der Waals surface area contributed by atoms with Crippen molar-refractivity contribution in [3.63, 3.8) is 0 Å². The summed E-state index contributed by atoms with van der Waals surface area (Å²) in [6, 6.07) is 6.13. The van der Waals surface area contributed by atoms with Crippen LogP contribution in [0.3, 0.4) is 0 Å². The maximum absolute atomic E-state index is 12.9. The Hall–Kier alpha value is -3.19. The molecule has 0 amide bonds. The van der Waals surface area contributed by atoms with Crippen LogP contribution in [-0.4, -0.2) is 38.6 Å². The summed E-state index contributed by atoms with van der Waals surface area (Å²) < 4.78 is 7.35. The Balaban J connectivity index is 1.97. The highest BCUT2D eigenvalue weighted by Crippen LogP contribution is 2.35. The maximum Gasteiger partial charge on any atom is 0.259 e. The molecule has 4 rings (SSSR count). The van der Waals surface area contributed by atoms with E-state index >= 15 is 0 Å². The second-order valence-electron chi connectivity index (χ2n) is 8.48. The van der Waals surface area contributed by atoms with Crippen molar-refractivity contribution in [2.45, 2.75) is 46.6 Å². The molecule has 0 bridgehead atoms. The van der Waals surface area contributed by atoms with E-state index in [-0.39, 0.29) is 18.2 Å². The lowest BCUT2D eigenvalue weighted by Gasteiger charge is -2.24. The third-order valence-corrected chi connectivity index (χ3v) is 6.55. The zero-order valence-corrected chi connectivity index (χ0v) is 19.3. The summed E-state index contributed by atoms with van der Waals surface area (Å²) in [5.74, 6) is 0.904. The van der Waals surface area contributed by atoms with Crippen LogP contribution in [0, 0.1) is 19.8 Å². The Labute approximate surface area is 187 Å². The number of rotatable bonds is 7. The number of pyridine rings is 2. The number of nitrogens with zero attached hydrogens (tertiary/aromatic N) is 3. The van der Waals surface area contributed by atoms with Crippen molar-refractivity contribution in [2.24, 2.45) is 5.92 Å². The van der Waals surface area contributed by atoms with Gasteiger partial charge in [0.1, 0.15) is 0 Å². The van der Waals surface area contributed by atoms with Crippen LogP contribution < -0.4 is 10.3 Å². The minimum absolute atomic E-state index is 0.0149. The largest absolute Gasteiger partial charge is 0.481 e. The first-order valence-corrected chi connectivity index (χ1v) is 11.1. The zero-order valence-electron chi connectivity index (χ0n) is 19.3. The van der Waals surface area contributed by atoms with Gasteiger partial charge in [-0.05, 0) is 48.9 Å². The lowest BCUT2D eigenvalue weighted by Crippen LogP contribution is -2.20. The minimum Gasteiger partial charge on any atom is -0.481 e. The van der Waals surface area contributed by atoms with Crippen molar-refractivity contribution in [3.8, 4) is 17.0 Å². The number of aromatic nitrogens is 4. The van der Waals surface area contributed by atoms with Crippen molar-refractivity contribution < 1.29 is 9.84 Å². The lowest BCUT2D eigenvalue weighted by atomic mass is 9.95. The van der Waals surface area contributed by atoms with Crippen LogP contribution in [0.15, 0.2) is 35.4 Å². The number of aliphatic hydroxyl groups is 1. The van der Waals surface area contributed by atoms with Crippen LogP contribution in [0.4, 0.5) is 0 Å². The molecule has 2 atom stereocenters. The Bertz CT molecular complexity index is 1340. The fourth-order valence-electron chi connectivity index (χ4n) is 4.67. The molecule has 3 aromatic heterocycles. The number of fused-ring (bicyclic) bond motifs is 3. The Morgan fingerprint density at radius 2 is 2.00 bits per heavy atom. The number of ether oxygens (including phenoxy) is 1. The van der Waals surface area contributed by atoms with Crippen LogP contribution in [0.5, 0.6) is 5.88 Å². The van der Waals surface area contributed by atoms with Gasteiger partial charge in [0.25, 0.3) is 5.56 Å². The third kappa shape index (κ3) is 3.56. The summed E-state index contributed by atoms with van der Waals surface area (Å²) in [6.07, 6.45) is 4.99. The van der Waals surface area contributed by atoms with E-state index in [1.54, 1.807) is 19.5 Å². The smallest absolute Gasteiger partial charge is 0.259 e. The topological polar surface area (TPSA) is 93.0 Å². The summed E-state index contributed by atoms with van der Waals surface area (Å²) in [7, 11) is 1.62. The first-order valence-electron chi connectivity index (χ1n) is 11.1. The standard InChI is InChI=1S/C25H30N4O3/c1-6-14(2)21(9-10-30)29-23-18-8-7-17(11-20(18)28-24(31)19(23)13-27-29)22-15(3)12-26-25(32-5)16(22)4/h7-8,11-14,21,30H,6,9-10H2,1-5H3,(H,28,31)/t14-,21+/m0/s1. The molecule has 168 valence electrons. The summed E-state index contributed by atoms with van der Waals surface area (Å²) >= 11 is 0. The molecule has 0 spiro atoms. The molecule has 7 nitrogen and oxygen atoms in total. The number of aromatic amines is 1. The van der Waals surface area contributed by atoms with Gasteiger partial charge in [0, 0.05) is 23.8 Å². The number of aliphatic hydroxyl groups excluding tert-OH is 1. The van der Waals surface area contributed by atoms with Crippen molar-refractivity contribution in [1.82, 2.24) is 19.7 Å². The SMILES string of the molecule is CC[C@H](C)[C@@H](CCO)n1ncc2c(=O)[nH]c3cc(-c4c(C)cnc(OC)c4C)ccc3c21. The molecule has 32 heavy (non-hydrogen) atoms. The van der Waals surface area contributed by atoms with Gasteiger partial charge in [-0.1, -0.05) is 32.4 Å². The zero-order chi connectivity index (χ0) is 23.0. The van der Waals surface area contributed by atoms with Gasteiger partial charge in [0.2, 0.25) is 5.88 Å². The number of methoxy groups -OCH3 is 1. The number of hydrogen-bond acceptors (Lipinski definition) is 5. The molecule has 0 aliphatic carbocycles. The molecule has 2 N–H and O–H groups in total. The number of hydrogen-bond donors (Lipinski definition) is 2. The highest BCUT2D eigenvalue weighted by molar-refractivity contribution is 6.04. The van der Waals surface area contributed by atoms with Crippen LogP contribution in [-0.2, 0) is 0 Å². The summed E-state index contributed by atoms with van der Waals surface area (Å²) in [5.41, 5.74) is 5.44. The van der Waals surface area contributed by atoms with E-state index < -0.39 is 0 Å². The minimum atomic E-state index is -0.163. The van der Waals surface area contributed by atoms with Crippen LogP contribution in [0.25, 0.3) is 32.9 Å². The lowest BCUT2D eigenvalue weighted by molar-refractivity contribution is 0.218. The number of H-pyrrole nitrogens is 1. The van der Waals surface area contributed by atoms with Gasteiger partial charge in [-0.3, -0.25) is 9.48 Å². The molecule has 0 aliphatic rings. The quantitative estimate of drug-likeness (QED) is 0.446. The number of nitrogens with one attached hydrogen (secondary N) is 1. The summed E-state index contributed by atoms with van der Waals surface area (Å²) in [6.45, 7) is 8.37. The van der Waals surface area contributed by atoms with Gasteiger partial charge in [-0.25, -0.2) is 4.98 Å². The van der Waals surface area contributed by atoms with Gasteiger partial charge < -0.3 is 14.8 Å². The van der Waals surface area contributed by atoms with E-state index in [1.165, 1.54) is 0 Å². The van der Waals surface area contributed by atoms with E-state index in [2.05, 4.69) is 35.0 Å². The molecule has 7 heteroatoms. The normalized spacial score (nSPS) is 13.6. The van der Waals surface area contributed by atoms with Crippen LogP contribution >= 0.6 is 0 Å². The highest BCUT2D eigenvalue weighted by Gasteiger charge is 2.23. The fourth-order valence-corrected chi connectivity index (χ4v) is 4.67. The van der Waals surface area contributed by atoms with Crippen molar-refractivity contribution in [2.75, 3.05) is 13.7 Å². The molecule has 0 saturated carbocycles. The highest BCUT2D eigenvalue weighted by atomic mass is 16.5. The van der Waals surface area contributed by atoms with E-state index in [0.717, 1.165) is 45.1 Å². The van der Waals surface area contributed by atoms with Gasteiger partial charge >= 0.3 is 0 Å². The Morgan fingerprint density at radius 3 is 2.69 bits per heavy atom. The molecule has 3 heterocycles.